The highest BCUT2D eigenvalue weighted by atomic mass is 32.1. The molecule has 0 aliphatic heterocycles. The molecule has 0 saturated heterocycles. The number of hydrogen-bond donors (Lipinski definition) is 2. The van der Waals surface area contributed by atoms with E-state index < -0.39 is 79.2 Å². The number of alkyl halides is 18. The van der Waals surface area contributed by atoms with Crippen LogP contribution in [-0.2, 0) is 9.53 Å². The number of carbonyl (C=O) groups is 2. The molecule has 4 N–H and O–H groups in total. The Balaban J connectivity index is 0.00000135. The first-order valence-corrected chi connectivity index (χ1v) is 14.8. The number of carbonyl (C=O) groups excluding carboxylic acids is 2. The number of rotatable bonds is 16. The summed E-state index contributed by atoms with van der Waals surface area (Å²) in [4.78, 5) is 27.8. The fourth-order valence-electron chi connectivity index (χ4n) is 3.83. The summed E-state index contributed by atoms with van der Waals surface area (Å²) in [7, 11) is 0. The third-order valence-corrected chi connectivity index (χ3v) is 7.84. The van der Waals surface area contributed by atoms with Gasteiger partial charge in [-0.15, -0.1) is 0 Å². The zero-order valence-electron chi connectivity index (χ0n) is 26.5. The number of thiazole rings is 1. The van der Waals surface area contributed by atoms with Crippen LogP contribution in [0.5, 0.6) is 0 Å². The number of esters is 1. The Bertz CT molecular complexity index is 1530. The van der Waals surface area contributed by atoms with Crippen molar-refractivity contribution in [1.29, 1.82) is 0 Å². The van der Waals surface area contributed by atoms with Crippen molar-refractivity contribution in [3.63, 3.8) is 0 Å². The lowest BCUT2D eigenvalue weighted by molar-refractivity contribution is -0.456. The molecule has 0 saturated carbocycles. The average Bonchev–Trinajstić information content (AvgIpc) is 3.37. The molecule has 0 aliphatic carbocycles. The van der Waals surface area contributed by atoms with Crippen LogP contribution in [0.1, 0.15) is 35.1 Å². The van der Waals surface area contributed by atoms with Crippen LogP contribution in [0.15, 0.2) is 24.3 Å². The van der Waals surface area contributed by atoms with Gasteiger partial charge in [0.05, 0.1) is 23.5 Å². The molecule has 1 aromatic carbocycles. The van der Waals surface area contributed by atoms with Crippen LogP contribution >= 0.6 is 11.3 Å². The monoisotopic (exact) mass is 828 g/mol. The highest BCUT2D eigenvalue weighted by Crippen LogP contribution is 2.63. The first kappa shape index (κ1) is 47.2. The number of nitrogens with zero attached hydrogens (tertiary/aromatic N) is 2. The topological polar surface area (TPSA) is 112 Å². The van der Waals surface area contributed by atoms with Crippen molar-refractivity contribution in [3.8, 4) is 0 Å². The fourth-order valence-corrected chi connectivity index (χ4v) is 4.48. The van der Waals surface area contributed by atoms with Crippen molar-refractivity contribution < 1.29 is 93.4 Å². The summed E-state index contributed by atoms with van der Waals surface area (Å²) in [6, 6.07) is 5.97. The van der Waals surface area contributed by atoms with E-state index in [9.17, 15) is 88.6 Å². The van der Waals surface area contributed by atoms with Crippen molar-refractivity contribution in [3.05, 3.63) is 34.8 Å². The lowest BCUT2D eigenvalue weighted by Gasteiger charge is -2.42. The maximum absolute atomic E-state index is 14.0. The quantitative estimate of drug-likeness (QED) is 0.0755. The van der Waals surface area contributed by atoms with E-state index in [1.54, 1.807) is 13.8 Å². The van der Waals surface area contributed by atoms with Gasteiger partial charge >= 0.3 is 47.7 Å². The zero-order valence-corrected chi connectivity index (χ0v) is 27.3. The second-order valence-corrected chi connectivity index (χ2v) is 11.7. The van der Waals surface area contributed by atoms with Crippen LogP contribution in [0.25, 0.3) is 0 Å². The minimum atomic E-state index is -8.76. The zero-order chi connectivity index (χ0) is 41.8. The first-order chi connectivity index (χ1) is 23.7. The Kier molecular flexibility index (Phi) is 14.4. The summed E-state index contributed by atoms with van der Waals surface area (Å²) in [5.74, 6) is -58.5. The van der Waals surface area contributed by atoms with Gasteiger partial charge in [0.2, 0.25) is 6.17 Å². The number of anilines is 3. The first-order valence-electron chi connectivity index (χ1n) is 14.0. The molecule has 53 heavy (non-hydrogen) atoms. The third kappa shape index (κ3) is 9.45. The van der Waals surface area contributed by atoms with Crippen LogP contribution in [0, 0.1) is 6.92 Å². The SMILES string of the molecule is CCN(CCOC(=O)CCC(F)(F)C(F)C(F)(F)C(F)(F)C(F)(F)C(F)(F)C(F)(F)C(F)(F)C(F)(F)F)c1ccc(N)cc1.Cc1nc(N)sc1C=O. The van der Waals surface area contributed by atoms with E-state index in [4.69, 9.17) is 11.5 Å². The maximum Gasteiger partial charge on any atom is 0.460 e. The molecule has 1 unspecified atom stereocenters. The number of hydrogen-bond acceptors (Lipinski definition) is 8. The molecular weight excluding hydrogens is 802 g/mol. The Morgan fingerprint density at radius 2 is 1.30 bits per heavy atom. The normalized spacial score (nSPS) is 14.3. The average molecular weight is 829 g/mol. The summed E-state index contributed by atoms with van der Waals surface area (Å²) < 4.78 is 244. The molecule has 0 bridgehead atoms. The second kappa shape index (κ2) is 16.2. The fraction of sp³-hybridized carbons (Fsp3) is 0.593. The van der Waals surface area contributed by atoms with Gasteiger partial charge in [0.15, 0.2) is 11.4 Å². The molecule has 0 aliphatic rings. The van der Waals surface area contributed by atoms with Crippen LogP contribution in [-0.4, -0.2) is 90.7 Å². The Morgan fingerprint density at radius 1 is 0.830 bits per heavy atom. The third-order valence-electron chi connectivity index (χ3n) is 6.92. The molecule has 1 heterocycles. The molecule has 0 spiro atoms. The number of nitrogens with two attached hydrogens (primary N) is 2. The number of nitrogen functional groups attached to an aromatic ring is 2. The number of aryl methyl sites for hydroxylation is 1. The van der Waals surface area contributed by atoms with Crippen molar-refractivity contribution in [2.24, 2.45) is 0 Å². The minimum Gasteiger partial charge on any atom is -0.464 e. The molecule has 2 aromatic rings. The van der Waals surface area contributed by atoms with Gasteiger partial charge in [-0.25, -0.2) is 18.2 Å². The van der Waals surface area contributed by atoms with Gasteiger partial charge in [-0.1, -0.05) is 11.3 Å². The maximum atomic E-state index is 14.0. The van der Waals surface area contributed by atoms with Gasteiger partial charge in [-0.3, -0.25) is 9.59 Å². The largest absolute Gasteiger partial charge is 0.464 e. The standard InChI is InChI=1S/C22H20F18N2O2.C5H6N2OS/c1-2-42(12-5-3-11(41)4-6-12)9-10-44-13(43)7-8-15(24,25)14(23)16(26,27)17(28,29)18(30,31)19(32,33)20(34,35)21(36,37)22(38,39)40;1-3-4(2-8)9-5(6)7-3/h3-6,14H,2,7-10,41H2,1H3;2H,1H3,(H2,6,7). The number of ether oxygens (including phenoxy) is 1. The number of aldehydes is 1. The van der Waals surface area contributed by atoms with E-state index in [2.05, 4.69) is 9.72 Å². The van der Waals surface area contributed by atoms with E-state index >= 15 is 0 Å². The molecule has 304 valence electrons. The van der Waals surface area contributed by atoms with Crippen molar-refractivity contribution in [2.45, 2.75) is 80.5 Å². The van der Waals surface area contributed by atoms with Gasteiger partial charge in [0.25, 0.3) is 5.92 Å². The summed E-state index contributed by atoms with van der Waals surface area (Å²) in [6.07, 6.45) is -17.5. The number of halogens is 18. The van der Waals surface area contributed by atoms with Crippen LogP contribution < -0.4 is 16.4 Å². The number of likely N-dealkylation sites (N-methyl/N-ethyl adjacent to an activating group) is 1. The van der Waals surface area contributed by atoms with Gasteiger partial charge < -0.3 is 21.1 Å². The van der Waals surface area contributed by atoms with Gasteiger partial charge in [0.1, 0.15) is 6.61 Å². The molecule has 7 nitrogen and oxygen atoms in total. The second-order valence-electron chi connectivity index (χ2n) is 10.6. The number of aromatic nitrogens is 1. The lowest BCUT2D eigenvalue weighted by atomic mass is 9.88. The van der Waals surface area contributed by atoms with E-state index in [1.165, 1.54) is 40.5 Å². The molecule has 2 rings (SSSR count). The predicted octanol–water partition coefficient (Wildman–Crippen LogP) is 8.61. The summed E-state index contributed by atoms with van der Waals surface area (Å²) in [5, 5.41) is 0.453. The highest BCUT2D eigenvalue weighted by molar-refractivity contribution is 7.17. The lowest BCUT2D eigenvalue weighted by Crippen LogP contribution is -2.74. The van der Waals surface area contributed by atoms with Crippen LogP contribution in [0.4, 0.5) is 95.5 Å². The molecule has 0 radical (unpaired) electrons. The Hall–Kier alpha value is -3.87. The molecule has 0 fully saturated rings. The molecular formula is C27H26F18N4O3S. The smallest absolute Gasteiger partial charge is 0.460 e. The van der Waals surface area contributed by atoms with Crippen molar-refractivity contribution in [2.75, 3.05) is 36.1 Å². The van der Waals surface area contributed by atoms with E-state index in [-0.39, 0.29) is 13.1 Å². The van der Waals surface area contributed by atoms with Gasteiger partial charge in [-0.05, 0) is 38.1 Å². The van der Waals surface area contributed by atoms with Crippen molar-refractivity contribution in [1.82, 2.24) is 4.98 Å². The van der Waals surface area contributed by atoms with E-state index in [1.807, 2.05) is 0 Å². The number of benzene rings is 1. The van der Waals surface area contributed by atoms with Gasteiger partial charge in [-0.2, -0.15) is 65.9 Å². The summed E-state index contributed by atoms with van der Waals surface area (Å²) in [5.41, 5.74) is 12.4. The Morgan fingerprint density at radius 3 is 1.70 bits per heavy atom. The molecule has 1 atom stereocenters. The highest BCUT2D eigenvalue weighted by Gasteiger charge is 2.94. The minimum absolute atomic E-state index is 0.153. The van der Waals surface area contributed by atoms with Crippen LogP contribution in [0.2, 0.25) is 0 Å². The molecule has 1 aromatic heterocycles. The van der Waals surface area contributed by atoms with Gasteiger partial charge in [0, 0.05) is 24.3 Å². The summed E-state index contributed by atoms with van der Waals surface area (Å²) >= 11 is 1.21. The van der Waals surface area contributed by atoms with Crippen molar-refractivity contribution >= 4 is 40.1 Å². The van der Waals surface area contributed by atoms with E-state index in [0.717, 1.165) is 6.29 Å². The predicted molar refractivity (Wildman–Crippen MR) is 151 cm³/mol. The molecule has 26 heteroatoms. The Labute approximate surface area is 290 Å². The molecule has 0 amide bonds. The van der Waals surface area contributed by atoms with E-state index in [0.29, 0.717) is 27.1 Å². The van der Waals surface area contributed by atoms with Crippen LogP contribution in [0.3, 0.4) is 0 Å². The summed E-state index contributed by atoms with van der Waals surface area (Å²) in [6.45, 7) is 2.86.